The lowest BCUT2D eigenvalue weighted by molar-refractivity contribution is 0.0694. The van der Waals surface area contributed by atoms with Crippen molar-refractivity contribution < 1.29 is 9.90 Å². The van der Waals surface area contributed by atoms with Crippen LogP contribution in [0, 0.1) is 0 Å². The molecule has 0 spiro atoms. The van der Waals surface area contributed by atoms with Gasteiger partial charge in [0.2, 0.25) is 0 Å². The molecule has 5 heteroatoms. The molecule has 5 nitrogen and oxygen atoms in total. The van der Waals surface area contributed by atoms with Gasteiger partial charge in [-0.3, -0.25) is 9.48 Å². The predicted molar refractivity (Wildman–Crippen MR) is 76.2 cm³/mol. The van der Waals surface area contributed by atoms with E-state index < -0.39 is 0 Å². The Hall–Kier alpha value is -2.14. The summed E-state index contributed by atoms with van der Waals surface area (Å²) in [6, 6.07) is 11.3. The number of hydrogen-bond donors (Lipinski definition) is 1. The lowest BCUT2D eigenvalue weighted by Crippen LogP contribution is -2.33. The summed E-state index contributed by atoms with van der Waals surface area (Å²) in [6.45, 7) is 0.0303. The molecule has 1 aromatic heterocycles. The Morgan fingerprint density at radius 2 is 2.05 bits per heavy atom. The molecule has 2 aromatic rings. The molecule has 0 radical (unpaired) electrons. The second kappa shape index (κ2) is 6.34. The van der Waals surface area contributed by atoms with Crippen molar-refractivity contribution in [2.75, 3.05) is 13.7 Å². The lowest BCUT2D eigenvalue weighted by atomic mass is 10.0. The van der Waals surface area contributed by atoms with Gasteiger partial charge in [0.05, 0.1) is 6.04 Å². The van der Waals surface area contributed by atoms with Crippen LogP contribution in [-0.4, -0.2) is 39.3 Å². The van der Waals surface area contributed by atoms with Crippen LogP contribution in [0.25, 0.3) is 0 Å². The zero-order valence-corrected chi connectivity index (χ0v) is 11.7. The summed E-state index contributed by atoms with van der Waals surface area (Å²) in [7, 11) is 3.49. The molecule has 0 bridgehead atoms. The fourth-order valence-corrected chi connectivity index (χ4v) is 2.29. The second-order valence-corrected chi connectivity index (χ2v) is 4.69. The molecule has 1 aromatic carbocycles. The predicted octanol–water partition coefficient (Wildman–Crippen LogP) is 1.62. The van der Waals surface area contributed by atoms with Gasteiger partial charge in [-0.25, -0.2) is 0 Å². The number of amides is 1. The number of aromatic nitrogens is 2. The van der Waals surface area contributed by atoms with E-state index in [1.807, 2.05) is 30.3 Å². The highest BCUT2D eigenvalue weighted by atomic mass is 16.3. The molecule has 1 unspecified atom stereocenters. The maximum Gasteiger partial charge on any atom is 0.272 e. The number of hydrogen-bond acceptors (Lipinski definition) is 3. The average Bonchev–Trinajstić information content (AvgIpc) is 2.90. The van der Waals surface area contributed by atoms with Crippen LogP contribution >= 0.6 is 0 Å². The number of aliphatic hydroxyl groups is 1. The monoisotopic (exact) mass is 273 g/mol. The molecular weight excluding hydrogens is 254 g/mol. The molecule has 2 rings (SSSR count). The Morgan fingerprint density at radius 1 is 1.35 bits per heavy atom. The van der Waals surface area contributed by atoms with Crippen molar-refractivity contribution in [1.29, 1.82) is 0 Å². The minimum atomic E-state index is -0.149. The highest BCUT2D eigenvalue weighted by Gasteiger charge is 2.23. The van der Waals surface area contributed by atoms with Crippen molar-refractivity contribution in [1.82, 2.24) is 14.7 Å². The Balaban J connectivity index is 2.26. The fraction of sp³-hybridized carbons (Fsp3) is 0.333. The summed E-state index contributed by atoms with van der Waals surface area (Å²) in [4.78, 5) is 14.2. The van der Waals surface area contributed by atoms with Gasteiger partial charge in [0.15, 0.2) is 0 Å². The molecule has 1 atom stereocenters. The Labute approximate surface area is 118 Å². The molecule has 0 fully saturated rings. The molecule has 0 aliphatic rings. The topological polar surface area (TPSA) is 58.4 Å². The van der Waals surface area contributed by atoms with Crippen LogP contribution in [0.1, 0.15) is 28.5 Å². The summed E-state index contributed by atoms with van der Waals surface area (Å²) in [5.41, 5.74) is 1.55. The number of carbonyl (C=O) groups is 1. The molecular formula is C15H19N3O2. The molecule has 1 heterocycles. The van der Waals surface area contributed by atoms with Gasteiger partial charge in [-0.2, -0.15) is 5.10 Å². The van der Waals surface area contributed by atoms with E-state index in [1.54, 1.807) is 35.9 Å². The second-order valence-electron chi connectivity index (χ2n) is 4.69. The molecule has 0 saturated heterocycles. The number of aliphatic hydroxyl groups excluding tert-OH is 1. The van der Waals surface area contributed by atoms with Gasteiger partial charge in [-0.15, -0.1) is 0 Å². The van der Waals surface area contributed by atoms with E-state index in [0.29, 0.717) is 12.1 Å². The van der Waals surface area contributed by atoms with Crippen LogP contribution in [-0.2, 0) is 7.05 Å². The molecule has 1 N–H and O–H groups in total. The van der Waals surface area contributed by atoms with Gasteiger partial charge < -0.3 is 10.0 Å². The van der Waals surface area contributed by atoms with E-state index >= 15 is 0 Å². The first-order valence-corrected chi connectivity index (χ1v) is 6.56. The van der Waals surface area contributed by atoms with Crippen LogP contribution in [0.5, 0.6) is 0 Å². The van der Waals surface area contributed by atoms with Crippen molar-refractivity contribution in [2.24, 2.45) is 7.05 Å². The maximum atomic E-state index is 12.5. The standard InChI is InChI=1S/C15H19N3O2/c1-17(15(20)14-8-10-16-18(14)2)13(9-11-19)12-6-4-3-5-7-12/h3-8,10,13,19H,9,11H2,1-2H3. The van der Waals surface area contributed by atoms with E-state index in [2.05, 4.69) is 5.10 Å². The van der Waals surface area contributed by atoms with Gasteiger partial charge in [0, 0.05) is 26.9 Å². The molecule has 1 amide bonds. The first kappa shape index (κ1) is 14.3. The smallest absolute Gasteiger partial charge is 0.272 e. The minimum absolute atomic E-state index is 0.0303. The minimum Gasteiger partial charge on any atom is -0.396 e. The Bertz CT molecular complexity index is 566. The van der Waals surface area contributed by atoms with E-state index in [-0.39, 0.29) is 18.6 Å². The normalized spacial score (nSPS) is 12.2. The van der Waals surface area contributed by atoms with Crippen LogP contribution < -0.4 is 0 Å². The van der Waals surface area contributed by atoms with E-state index in [4.69, 9.17) is 0 Å². The number of nitrogens with zero attached hydrogens (tertiary/aromatic N) is 3. The average molecular weight is 273 g/mol. The van der Waals surface area contributed by atoms with E-state index in [9.17, 15) is 9.90 Å². The molecule has 0 saturated carbocycles. The Kier molecular flexibility index (Phi) is 4.53. The van der Waals surface area contributed by atoms with E-state index in [0.717, 1.165) is 5.56 Å². The first-order valence-electron chi connectivity index (χ1n) is 6.56. The lowest BCUT2D eigenvalue weighted by Gasteiger charge is -2.28. The van der Waals surface area contributed by atoms with Crippen molar-refractivity contribution in [2.45, 2.75) is 12.5 Å². The maximum absolute atomic E-state index is 12.5. The van der Waals surface area contributed by atoms with Crippen molar-refractivity contribution in [3.63, 3.8) is 0 Å². The highest BCUT2D eigenvalue weighted by Crippen LogP contribution is 2.24. The molecule has 0 aliphatic carbocycles. The highest BCUT2D eigenvalue weighted by molar-refractivity contribution is 5.92. The summed E-state index contributed by atoms with van der Waals surface area (Å²) in [5.74, 6) is -0.104. The number of aryl methyl sites for hydroxylation is 1. The van der Waals surface area contributed by atoms with Gasteiger partial charge in [-0.1, -0.05) is 30.3 Å². The zero-order valence-electron chi connectivity index (χ0n) is 11.7. The summed E-state index contributed by atoms with van der Waals surface area (Å²) in [5, 5.41) is 13.3. The molecule has 106 valence electrons. The largest absolute Gasteiger partial charge is 0.396 e. The zero-order chi connectivity index (χ0) is 14.5. The summed E-state index contributed by atoms with van der Waals surface area (Å²) < 4.78 is 1.56. The molecule has 20 heavy (non-hydrogen) atoms. The van der Waals surface area contributed by atoms with Crippen LogP contribution in [0.3, 0.4) is 0 Å². The van der Waals surface area contributed by atoms with Crippen LogP contribution in [0.15, 0.2) is 42.6 Å². The van der Waals surface area contributed by atoms with Gasteiger partial charge in [0.1, 0.15) is 5.69 Å². The van der Waals surface area contributed by atoms with Gasteiger partial charge >= 0.3 is 0 Å². The van der Waals surface area contributed by atoms with Crippen LogP contribution in [0.2, 0.25) is 0 Å². The SMILES string of the molecule is CN(C(=O)c1ccnn1C)C(CCO)c1ccccc1. The summed E-state index contributed by atoms with van der Waals surface area (Å²) >= 11 is 0. The number of rotatable bonds is 5. The van der Waals surface area contributed by atoms with Crippen molar-refractivity contribution in [3.8, 4) is 0 Å². The van der Waals surface area contributed by atoms with Crippen LogP contribution in [0.4, 0.5) is 0 Å². The third kappa shape index (κ3) is 2.88. The first-order chi connectivity index (χ1) is 9.65. The third-order valence-corrected chi connectivity index (χ3v) is 3.41. The van der Waals surface area contributed by atoms with Crippen molar-refractivity contribution >= 4 is 5.91 Å². The summed E-state index contributed by atoms with van der Waals surface area (Å²) in [6.07, 6.45) is 2.11. The van der Waals surface area contributed by atoms with Gasteiger partial charge in [0.25, 0.3) is 5.91 Å². The van der Waals surface area contributed by atoms with Gasteiger partial charge in [-0.05, 0) is 18.1 Å². The number of benzene rings is 1. The molecule has 0 aliphatic heterocycles. The Morgan fingerprint density at radius 3 is 2.60 bits per heavy atom. The fourth-order valence-electron chi connectivity index (χ4n) is 2.29. The van der Waals surface area contributed by atoms with Crippen molar-refractivity contribution in [3.05, 3.63) is 53.9 Å². The number of carbonyl (C=O) groups excluding carboxylic acids is 1. The third-order valence-electron chi connectivity index (χ3n) is 3.41. The quantitative estimate of drug-likeness (QED) is 0.900. The van der Waals surface area contributed by atoms with E-state index in [1.165, 1.54) is 0 Å².